The molecule has 2 aromatic carbocycles. The van der Waals surface area contributed by atoms with Gasteiger partial charge in [0.2, 0.25) is 10.0 Å². The molecule has 0 saturated carbocycles. The summed E-state index contributed by atoms with van der Waals surface area (Å²) in [5.74, 6) is 0. The topological polar surface area (TPSA) is 88.3 Å². The molecule has 5 nitrogen and oxygen atoms in total. The maximum Gasteiger partial charge on any atom is 0.238 e. The van der Waals surface area contributed by atoms with Gasteiger partial charge in [-0.15, -0.1) is 0 Å². The standard InChI is InChI=1S/C15H13N3O2S/c16-21(19,20)13-5-3-4-12(8-13)17-9-11-10-18-15-7-2-1-6-14(11)15/h1-10,18H,(H2,16,19,20). The fourth-order valence-corrected chi connectivity index (χ4v) is 2.64. The van der Waals surface area contributed by atoms with Crippen molar-refractivity contribution < 1.29 is 8.42 Å². The molecule has 1 heterocycles. The molecule has 3 N–H and O–H groups in total. The van der Waals surface area contributed by atoms with Gasteiger partial charge in [0.05, 0.1) is 10.6 Å². The molecule has 6 heteroatoms. The molecule has 0 unspecified atom stereocenters. The second kappa shape index (κ2) is 5.16. The van der Waals surface area contributed by atoms with Gasteiger partial charge in [0.1, 0.15) is 0 Å². The highest BCUT2D eigenvalue weighted by molar-refractivity contribution is 7.89. The number of nitrogens with zero attached hydrogens (tertiary/aromatic N) is 1. The number of H-pyrrole nitrogens is 1. The van der Waals surface area contributed by atoms with Crippen LogP contribution in [0.5, 0.6) is 0 Å². The molecule has 0 saturated heterocycles. The van der Waals surface area contributed by atoms with Gasteiger partial charge in [0, 0.05) is 28.9 Å². The molecule has 0 amide bonds. The zero-order valence-corrected chi connectivity index (χ0v) is 11.8. The number of para-hydroxylation sites is 1. The molecule has 1 aromatic heterocycles. The first-order chi connectivity index (χ1) is 10.0. The van der Waals surface area contributed by atoms with Crippen LogP contribution in [0.3, 0.4) is 0 Å². The van der Waals surface area contributed by atoms with Gasteiger partial charge >= 0.3 is 0 Å². The van der Waals surface area contributed by atoms with Crippen molar-refractivity contribution in [1.82, 2.24) is 4.98 Å². The molecule has 0 fully saturated rings. The first-order valence-corrected chi connectivity index (χ1v) is 7.82. The monoisotopic (exact) mass is 299 g/mol. The van der Waals surface area contributed by atoms with Crippen LogP contribution >= 0.6 is 0 Å². The van der Waals surface area contributed by atoms with Crippen LogP contribution in [0.25, 0.3) is 10.9 Å². The molecule has 3 aromatic rings. The van der Waals surface area contributed by atoms with Crippen molar-refractivity contribution in [3.8, 4) is 0 Å². The SMILES string of the molecule is NS(=O)(=O)c1cccc(N=Cc2c[nH]c3ccccc23)c1. The number of aliphatic imine (C=N–C) groups is 1. The van der Waals surface area contributed by atoms with E-state index in [1.807, 2.05) is 30.5 Å². The Labute approximate surface area is 122 Å². The summed E-state index contributed by atoms with van der Waals surface area (Å²) in [5, 5.41) is 6.17. The summed E-state index contributed by atoms with van der Waals surface area (Å²) >= 11 is 0. The lowest BCUT2D eigenvalue weighted by atomic mass is 10.2. The average molecular weight is 299 g/mol. The molecular weight excluding hydrogens is 286 g/mol. The van der Waals surface area contributed by atoms with Crippen molar-refractivity contribution in [1.29, 1.82) is 0 Å². The highest BCUT2D eigenvalue weighted by atomic mass is 32.2. The quantitative estimate of drug-likeness (QED) is 0.728. The molecule has 0 aliphatic carbocycles. The molecule has 0 aliphatic rings. The van der Waals surface area contributed by atoms with E-state index in [0.717, 1.165) is 16.5 Å². The van der Waals surface area contributed by atoms with Gasteiger partial charge in [-0.25, -0.2) is 13.6 Å². The van der Waals surface area contributed by atoms with Gasteiger partial charge in [-0.3, -0.25) is 4.99 Å². The number of hydrogen-bond donors (Lipinski definition) is 2. The summed E-state index contributed by atoms with van der Waals surface area (Å²) in [4.78, 5) is 7.51. The van der Waals surface area contributed by atoms with Crippen molar-refractivity contribution in [2.45, 2.75) is 4.90 Å². The van der Waals surface area contributed by atoms with Gasteiger partial charge in [-0.2, -0.15) is 0 Å². The van der Waals surface area contributed by atoms with E-state index in [9.17, 15) is 8.42 Å². The van der Waals surface area contributed by atoms with E-state index in [2.05, 4.69) is 9.98 Å². The number of benzene rings is 2. The van der Waals surface area contributed by atoms with Crippen LogP contribution in [0.4, 0.5) is 5.69 Å². The number of sulfonamides is 1. The van der Waals surface area contributed by atoms with Gasteiger partial charge in [-0.05, 0) is 24.3 Å². The second-order valence-corrected chi connectivity index (χ2v) is 6.15. The van der Waals surface area contributed by atoms with Crippen molar-refractivity contribution in [2.24, 2.45) is 10.1 Å². The van der Waals surface area contributed by atoms with Crippen LogP contribution in [0.2, 0.25) is 0 Å². The third-order valence-electron chi connectivity index (χ3n) is 3.12. The fraction of sp³-hybridized carbons (Fsp3) is 0. The maximum absolute atomic E-state index is 11.3. The van der Waals surface area contributed by atoms with E-state index < -0.39 is 10.0 Å². The van der Waals surface area contributed by atoms with Gasteiger partial charge in [0.15, 0.2) is 0 Å². The van der Waals surface area contributed by atoms with Crippen LogP contribution in [0.15, 0.2) is 64.6 Å². The number of aromatic amines is 1. The largest absolute Gasteiger partial charge is 0.361 e. The Bertz CT molecular complexity index is 927. The zero-order valence-electron chi connectivity index (χ0n) is 11.0. The minimum atomic E-state index is -3.71. The van der Waals surface area contributed by atoms with Crippen molar-refractivity contribution in [2.75, 3.05) is 0 Å². The minimum Gasteiger partial charge on any atom is -0.361 e. The molecule has 0 spiro atoms. The molecular formula is C15H13N3O2S. The van der Waals surface area contributed by atoms with E-state index in [1.54, 1.807) is 18.3 Å². The summed E-state index contributed by atoms with van der Waals surface area (Å²) in [6.45, 7) is 0. The third-order valence-corrected chi connectivity index (χ3v) is 4.03. The Morgan fingerprint density at radius 3 is 2.71 bits per heavy atom. The van der Waals surface area contributed by atoms with Crippen LogP contribution in [0, 0.1) is 0 Å². The van der Waals surface area contributed by atoms with Crippen LogP contribution in [-0.4, -0.2) is 19.6 Å². The number of hydrogen-bond acceptors (Lipinski definition) is 3. The maximum atomic E-state index is 11.3. The summed E-state index contributed by atoms with van der Waals surface area (Å²) in [6.07, 6.45) is 3.55. The van der Waals surface area contributed by atoms with E-state index in [4.69, 9.17) is 5.14 Å². The number of fused-ring (bicyclic) bond motifs is 1. The predicted molar refractivity (Wildman–Crippen MR) is 83.4 cm³/mol. The smallest absolute Gasteiger partial charge is 0.238 e. The molecule has 21 heavy (non-hydrogen) atoms. The Morgan fingerprint density at radius 1 is 1.10 bits per heavy atom. The van der Waals surface area contributed by atoms with Gasteiger partial charge in [-0.1, -0.05) is 24.3 Å². The summed E-state index contributed by atoms with van der Waals surface area (Å²) < 4.78 is 22.6. The Hall–Kier alpha value is -2.44. The molecule has 0 atom stereocenters. The van der Waals surface area contributed by atoms with E-state index in [-0.39, 0.29) is 4.90 Å². The molecule has 0 bridgehead atoms. The number of primary sulfonamides is 1. The Morgan fingerprint density at radius 2 is 1.90 bits per heavy atom. The van der Waals surface area contributed by atoms with Gasteiger partial charge < -0.3 is 4.98 Å². The summed E-state index contributed by atoms with van der Waals surface area (Å²) in [7, 11) is -3.71. The lowest BCUT2D eigenvalue weighted by Gasteiger charge is -1.99. The van der Waals surface area contributed by atoms with Crippen LogP contribution < -0.4 is 5.14 Å². The number of rotatable bonds is 3. The predicted octanol–water partition coefficient (Wildman–Crippen LogP) is 2.57. The molecule has 106 valence electrons. The molecule has 0 radical (unpaired) electrons. The normalized spacial score (nSPS) is 12.2. The molecule has 3 rings (SSSR count). The highest BCUT2D eigenvalue weighted by Gasteiger charge is 2.07. The lowest BCUT2D eigenvalue weighted by molar-refractivity contribution is 0.598. The van der Waals surface area contributed by atoms with Crippen molar-refractivity contribution in [3.05, 3.63) is 60.3 Å². The number of nitrogens with two attached hydrogens (primary N) is 1. The molecule has 0 aliphatic heterocycles. The van der Waals surface area contributed by atoms with Crippen LogP contribution in [0.1, 0.15) is 5.56 Å². The van der Waals surface area contributed by atoms with Crippen molar-refractivity contribution >= 4 is 32.8 Å². The zero-order chi connectivity index (χ0) is 14.9. The van der Waals surface area contributed by atoms with Gasteiger partial charge in [0.25, 0.3) is 0 Å². The first-order valence-electron chi connectivity index (χ1n) is 6.27. The van der Waals surface area contributed by atoms with Crippen LogP contribution in [-0.2, 0) is 10.0 Å². The Balaban J connectivity index is 1.97. The number of nitrogens with one attached hydrogen (secondary N) is 1. The summed E-state index contributed by atoms with van der Waals surface area (Å²) in [5.41, 5.74) is 2.50. The Kier molecular flexibility index (Phi) is 3.32. The van der Waals surface area contributed by atoms with E-state index in [0.29, 0.717) is 5.69 Å². The minimum absolute atomic E-state index is 0.0519. The average Bonchev–Trinajstić information content (AvgIpc) is 2.88. The fourth-order valence-electron chi connectivity index (χ4n) is 2.09. The summed E-state index contributed by atoms with van der Waals surface area (Å²) in [6, 6.07) is 14.1. The van der Waals surface area contributed by atoms with Crippen molar-refractivity contribution in [3.63, 3.8) is 0 Å². The highest BCUT2D eigenvalue weighted by Crippen LogP contribution is 2.19. The number of aromatic nitrogens is 1. The first kappa shape index (κ1) is 13.5. The lowest BCUT2D eigenvalue weighted by Crippen LogP contribution is -2.11. The van der Waals surface area contributed by atoms with E-state index in [1.165, 1.54) is 12.1 Å². The second-order valence-electron chi connectivity index (χ2n) is 4.59. The van der Waals surface area contributed by atoms with E-state index >= 15 is 0 Å². The third kappa shape index (κ3) is 2.86.